The van der Waals surface area contributed by atoms with E-state index in [0.717, 1.165) is 10.7 Å². The minimum atomic E-state index is 1.08. The average Bonchev–Trinajstić information content (AvgIpc) is 2.65. The van der Waals surface area contributed by atoms with Crippen molar-refractivity contribution in [1.29, 1.82) is 0 Å². The van der Waals surface area contributed by atoms with Crippen molar-refractivity contribution < 1.29 is 0 Å². The minimum absolute atomic E-state index is 1.08. The first-order valence-corrected chi connectivity index (χ1v) is 6.97. The third-order valence-electron chi connectivity index (χ3n) is 2.52. The number of allylic oxidation sites excluding steroid dienone is 1. The first kappa shape index (κ1) is 12.1. The average molecular weight is 229 g/mol. The van der Waals surface area contributed by atoms with Gasteiger partial charge in [0.1, 0.15) is 0 Å². The normalized spacial score (nSPS) is 16.1. The van der Waals surface area contributed by atoms with Gasteiger partial charge in [0.15, 0.2) is 0 Å². The predicted octanol–water partition coefficient (Wildman–Crippen LogP) is 3.50. The van der Waals surface area contributed by atoms with Crippen LogP contribution in [0, 0.1) is 0 Å². The van der Waals surface area contributed by atoms with Crippen LogP contribution in [0.25, 0.3) is 0 Å². The lowest BCUT2D eigenvalue weighted by Gasteiger charge is -2.09. The molecule has 1 aliphatic carbocycles. The second kappa shape index (κ2) is 6.46. The lowest BCUT2D eigenvalue weighted by Crippen LogP contribution is -2.15. The van der Waals surface area contributed by atoms with Crippen LogP contribution in [-0.4, -0.2) is 17.0 Å². The molecule has 0 saturated carbocycles. The van der Waals surface area contributed by atoms with Crippen molar-refractivity contribution in [2.75, 3.05) is 12.8 Å². The van der Waals surface area contributed by atoms with Crippen molar-refractivity contribution in [3.05, 3.63) is 11.3 Å². The second-order valence-corrected chi connectivity index (χ2v) is 5.07. The molecule has 1 rings (SSSR count). The van der Waals surface area contributed by atoms with E-state index in [9.17, 15) is 0 Å². The Morgan fingerprint density at radius 2 is 2.29 bits per heavy atom. The fraction of sp³-hybridized carbons (Fsp3) is 0.727. The molecule has 0 radical (unpaired) electrons. The van der Waals surface area contributed by atoms with E-state index < -0.39 is 0 Å². The summed E-state index contributed by atoms with van der Waals surface area (Å²) in [6, 6.07) is 0. The highest BCUT2D eigenvalue weighted by molar-refractivity contribution is 8.23. The molecule has 0 spiro atoms. The molecule has 0 amide bonds. The highest BCUT2D eigenvalue weighted by Crippen LogP contribution is 2.28. The maximum Gasteiger partial charge on any atom is 0.0752 e. The first-order chi connectivity index (χ1) is 6.79. The standard InChI is InChI=1S/C11H19NS2/c1-3-4-8-12-10-7-5-6-9(10)11(13)14-2/h12H,3-8H2,1-2H3. The molecule has 0 aromatic rings. The van der Waals surface area contributed by atoms with Crippen molar-refractivity contribution in [3.8, 4) is 0 Å². The molecule has 0 bridgehead atoms. The van der Waals surface area contributed by atoms with Crippen LogP contribution in [0.1, 0.15) is 39.0 Å². The summed E-state index contributed by atoms with van der Waals surface area (Å²) in [5.74, 6) is 0. The summed E-state index contributed by atoms with van der Waals surface area (Å²) in [7, 11) is 0. The van der Waals surface area contributed by atoms with Gasteiger partial charge in [-0.05, 0) is 37.5 Å². The summed E-state index contributed by atoms with van der Waals surface area (Å²) in [5.41, 5.74) is 2.82. The number of thioether (sulfide) groups is 1. The Kier molecular flexibility index (Phi) is 5.56. The molecule has 0 unspecified atom stereocenters. The van der Waals surface area contributed by atoms with Gasteiger partial charge in [-0.3, -0.25) is 0 Å². The van der Waals surface area contributed by atoms with E-state index in [4.69, 9.17) is 12.2 Å². The predicted molar refractivity (Wildman–Crippen MR) is 69.9 cm³/mol. The van der Waals surface area contributed by atoms with Gasteiger partial charge in [0.2, 0.25) is 0 Å². The van der Waals surface area contributed by atoms with Crippen molar-refractivity contribution >= 4 is 28.2 Å². The first-order valence-electron chi connectivity index (χ1n) is 5.33. The van der Waals surface area contributed by atoms with E-state index in [0.29, 0.717) is 0 Å². The van der Waals surface area contributed by atoms with Crippen molar-refractivity contribution in [1.82, 2.24) is 5.32 Å². The van der Waals surface area contributed by atoms with Gasteiger partial charge in [-0.25, -0.2) is 0 Å². The van der Waals surface area contributed by atoms with Gasteiger partial charge in [0, 0.05) is 12.2 Å². The summed E-state index contributed by atoms with van der Waals surface area (Å²) >= 11 is 7.03. The Hall–Kier alpha value is -0.0200. The lowest BCUT2D eigenvalue weighted by molar-refractivity contribution is 0.691. The molecule has 0 aromatic carbocycles. The van der Waals surface area contributed by atoms with Crippen LogP contribution >= 0.6 is 24.0 Å². The molecule has 0 atom stereocenters. The molecular weight excluding hydrogens is 210 g/mol. The van der Waals surface area contributed by atoms with Gasteiger partial charge in [0.25, 0.3) is 0 Å². The highest BCUT2D eigenvalue weighted by atomic mass is 32.2. The van der Waals surface area contributed by atoms with Crippen LogP contribution < -0.4 is 5.32 Å². The third kappa shape index (κ3) is 3.28. The maximum atomic E-state index is 5.34. The Morgan fingerprint density at radius 1 is 1.50 bits per heavy atom. The van der Waals surface area contributed by atoms with Crippen molar-refractivity contribution in [2.24, 2.45) is 0 Å². The topological polar surface area (TPSA) is 12.0 Å². The molecule has 3 heteroatoms. The third-order valence-corrected chi connectivity index (χ3v) is 3.88. The fourth-order valence-electron chi connectivity index (χ4n) is 1.70. The molecular formula is C11H19NS2. The number of unbranched alkanes of at least 4 members (excludes halogenated alkanes) is 1. The number of thiocarbonyl (C=S) groups is 1. The minimum Gasteiger partial charge on any atom is -0.388 e. The van der Waals surface area contributed by atoms with E-state index in [1.165, 1.54) is 43.4 Å². The number of nitrogens with one attached hydrogen (secondary N) is 1. The molecule has 0 aliphatic heterocycles. The van der Waals surface area contributed by atoms with Crippen LogP contribution in [0.2, 0.25) is 0 Å². The quantitative estimate of drug-likeness (QED) is 0.572. The van der Waals surface area contributed by atoms with Gasteiger partial charge in [-0.1, -0.05) is 25.6 Å². The van der Waals surface area contributed by atoms with Gasteiger partial charge in [-0.2, -0.15) is 0 Å². The Bertz CT molecular complexity index is 233. The van der Waals surface area contributed by atoms with Crippen LogP contribution in [0.4, 0.5) is 0 Å². The summed E-state index contributed by atoms with van der Waals surface area (Å²) in [5, 5.41) is 3.53. The van der Waals surface area contributed by atoms with Crippen molar-refractivity contribution in [2.45, 2.75) is 39.0 Å². The zero-order valence-corrected chi connectivity index (χ0v) is 10.7. The highest BCUT2D eigenvalue weighted by Gasteiger charge is 2.16. The van der Waals surface area contributed by atoms with Gasteiger partial charge in [0.05, 0.1) is 4.20 Å². The molecule has 14 heavy (non-hydrogen) atoms. The number of hydrogen-bond acceptors (Lipinski definition) is 3. The monoisotopic (exact) mass is 229 g/mol. The molecule has 80 valence electrons. The Labute approximate surface area is 96.7 Å². The van der Waals surface area contributed by atoms with Crippen LogP contribution in [0.15, 0.2) is 11.3 Å². The Morgan fingerprint density at radius 3 is 2.93 bits per heavy atom. The van der Waals surface area contributed by atoms with Gasteiger partial charge < -0.3 is 5.32 Å². The van der Waals surface area contributed by atoms with E-state index in [2.05, 4.69) is 18.5 Å². The fourth-order valence-corrected chi connectivity index (χ4v) is 2.40. The van der Waals surface area contributed by atoms with E-state index >= 15 is 0 Å². The summed E-state index contributed by atoms with van der Waals surface area (Å²) < 4.78 is 1.08. The zero-order chi connectivity index (χ0) is 10.4. The van der Waals surface area contributed by atoms with E-state index in [1.54, 1.807) is 11.8 Å². The Balaban J connectivity index is 2.49. The largest absolute Gasteiger partial charge is 0.388 e. The van der Waals surface area contributed by atoms with Crippen LogP contribution in [-0.2, 0) is 0 Å². The summed E-state index contributed by atoms with van der Waals surface area (Å²) in [4.78, 5) is 0. The molecule has 1 nitrogen and oxygen atoms in total. The molecule has 1 aliphatic rings. The van der Waals surface area contributed by atoms with Gasteiger partial charge in [-0.15, -0.1) is 11.8 Å². The van der Waals surface area contributed by atoms with Crippen LogP contribution in [0.3, 0.4) is 0 Å². The summed E-state index contributed by atoms with van der Waals surface area (Å²) in [6.45, 7) is 3.32. The number of rotatable bonds is 5. The number of hydrogen-bond donors (Lipinski definition) is 1. The van der Waals surface area contributed by atoms with Gasteiger partial charge >= 0.3 is 0 Å². The zero-order valence-electron chi connectivity index (χ0n) is 9.06. The van der Waals surface area contributed by atoms with E-state index in [1.807, 2.05) is 0 Å². The molecule has 0 aromatic heterocycles. The molecule has 1 N–H and O–H groups in total. The lowest BCUT2D eigenvalue weighted by atomic mass is 10.2. The maximum absolute atomic E-state index is 5.34. The molecule has 0 fully saturated rings. The SMILES string of the molecule is CCCCNC1=C(C(=S)SC)CCC1. The molecule has 0 heterocycles. The van der Waals surface area contributed by atoms with Crippen LogP contribution in [0.5, 0.6) is 0 Å². The summed E-state index contributed by atoms with van der Waals surface area (Å²) in [6.07, 6.45) is 8.21. The molecule has 0 saturated heterocycles. The van der Waals surface area contributed by atoms with Crippen molar-refractivity contribution in [3.63, 3.8) is 0 Å². The second-order valence-electron chi connectivity index (χ2n) is 3.58. The smallest absolute Gasteiger partial charge is 0.0752 e. The van der Waals surface area contributed by atoms with E-state index in [-0.39, 0.29) is 0 Å².